The third-order valence-corrected chi connectivity index (χ3v) is 5.39. The number of isocyanates is 1. The molecule has 0 bridgehead atoms. The first-order chi connectivity index (χ1) is 9.84. The van der Waals surface area contributed by atoms with Crippen molar-refractivity contribution in [2.24, 2.45) is 4.99 Å². The lowest BCUT2D eigenvalue weighted by atomic mass is 9.88. The number of benzene rings is 1. The highest BCUT2D eigenvalue weighted by molar-refractivity contribution is 7.99. The molecule has 3 rings (SSSR count). The zero-order valence-electron chi connectivity index (χ0n) is 11.5. The Morgan fingerprint density at radius 1 is 1.30 bits per heavy atom. The molecular formula is C16H19NO2S. The summed E-state index contributed by atoms with van der Waals surface area (Å²) in [4.78, 5) is 15.0. The van der Waals surface area contributed by atoms with Crippen LogP contribution in [-0.2, 0) is 10.3 Å². The first-order valence-electron chi connectivity index (χ1n) is 7.27. The highest BCUT2D eigenvalue weighted by Gasteiger charge is 2.38. The van der Waals surface area contributed by atoms with E-state index in [2.05, 4.69) is 11.1 Å². The maximum Gasteiger partial charge on any atom is 0.235 e. The number of nitrogens with zero attached hydrogens (tertiary/aromatic N) is 1. The molecule has 0 amide bonds. The van der Waals surface area contributed by atoms with E-state index in [0.717, 1.165) is 49.2 Å². The summed E-state index contributed by atoms with van der Waals surface area (Å²) >= 11 is 1.94. The van der Waals surface area contributed by atoms with Crippen LogP contribution in [0.2, 0.25) is 0 Å². The number of rotatable bonds is 4. The third kappa shape index (κ3) is 2.63. The normalized spacial score (nSPS) is 24.3. The van der Waals surface area contributed by atoms with Gasteiger partial charge >= 0.3 is 0 Å². The van der Waals surface area contributed by atoms with Gasteiger partial charge in [0.25, 0.3) is 0 Å². The van der Waals surface area contributed by atoms with Crippen molar-refractivity contribution in [3.63, 3.8) is 0 Å². The second kappa shape index (κ2) is 6.02. The van der Waals surface area contributed by atoms with E-state index in [1.807, 2.05) is 30.0 Å². The first-order valence-corrected chi connectivity index (χ1v) is 8.42. The molecule has 0 N–H and O–H groups in total. The minimum Gasteiger partial charge on any atom is -0.489 e. The van der Waals surface area contributed by atoms with Crippen molar-refractivity contribution in [2.45, 2.75) is 43.7 Å². The molecule has 1 aliphatic carbocycles. The van der Waals surface area contributed by atoms with Gasteiger partial charge in [-0.1, -0.05) is 31.0 Å². The molecule has 1 saturated carbocycles. The molecule has 2 fully saturated rings. The highest BCUT2D eigenvalue weighted by Crippen LogP contribution is 2.46. The molecule has 1 aromatic carbocycles. The van der Waals surface area contributed by atoms with Gasteiger partial charge in [-0.05, 0) is 31.1 Å². The number of thioether (sulfide) groups is 1. The lowest BCUT2D eigenvalue weighted by Gasteiger charge is -2.26. The SMILES string of the molecule is O=C=NC1(c2ccccc2OC2CCSC2)CCCC1. The third-order valence-electron chi connectivity index (χ3n) is 4.26. The zero-order chi connectivity index (χ0) is 13.8. The van der Waals surface area contributed by atoms with Crippen LogP contribution in [0.25, 0.3) is 0 Å². The maximum absolute atomic E-state index is 10.9. The van der Waals surface area contributed by atoms with Crippen molar-refractivity contribution in [1.82, 2.24) is 0 Å². The van der Waals surface area contributed by atoms with Gasteiger partial charge in [0, 0.05) is 11.3 Å². The van der Waals surface area contributed by atoms with Gasteiger partial charge in [0.15, 0.2) is 0 Å². The van der Waals surface area contributed by atoms with Gasteiger partial charge in [0.2, 0.25) is 6.08 Å². The summed E-state index contributed by atoms with van der Waals surface area (Å²) in [6.07, 6.45) is 7.23. The van der Waals surface area contributed by atoms with Crippen LogP contribution in [-0.4, -0.2) is 23.7 Å². The lowest BCUT2D eigenvalue weighted by molar-refractivity contribution is 0.222. The lowest BCUT2D eigenvalue weighted by Crippen LogP contribution is -2.23. The fraction of sp³-hybridized carbons (Fsp3) is 0.562. The summed E-state index contributed by atoms with van der Waals surface area (Å²) < 4.78 is 6.18. The van der Waals surface area contributed by atoms with Gasteiger partial charge < -0.3 is 4.74 Å². The maximum atomic E-state index is 10.9. The van der Waals surface area contributed by atoms with Crippen molar-refractivity contribution in [2.75, 3.05) is 11.5 Å². The number of carbonyl (C=O) groups excluding carboxylic acids is 1. The summed E-state index contributed by atoms with van der Waals surface area (Å²) in [5, 5.41) is 0. The molecule has 4 heteroatoms. The Labute approximate surface area is 123 Å². The second-order valence-corrected chi connectivity index (χ2v) is 6.69. The average molecular weight is 289 g/mol. The predicted octanol–water partition coefficient (Wildman–Crippen LogP) is 3.68. The summed E-state index contributed by atoms with van der Waals surface area (Å²) in [6.45, 7) is 0. The largest absolute Gasteiger partial charge is 0.489 e. The quantitative estimate of drug-likeness (QED) is 0.627. The Morgan fingerprint density at radius 3 is 2.80 bits per heavy atom. The van der Waals surface area contributed by atoms with Crippen LogP contribution < -0.4 is 4.74 Å². The molecule has 1 aromatic rings. The molecule has 1 heterocycles. The Hall–Kier alpha value is -1.25. The van der Waals surface area contributed by atoms with Gasteiger partial charge in [-0.2, -0.15) is 16.8 Å². The Bertz CT molecular complexity index is 513. The van der Waals surface area contributed by atoms with E-state index in [9.17, 15) is 4.79 Å². The van der Waals surface area contributed by atoms with E-state index in [1.54, 1.807) is 6.08 Å². The van der Waals surface area contributed by atoms with E-state index in [1.165, 1.54) is 5.75 Å². The van der Waals surface area contributed by atoms with Crippen LogP contribution >= 0.6 is 11.8 Å². The number of para-hydroxylation sites is 1. The molecule has 106 valence electrons. The van der Waals surface area contributed by atoms with Crippen LogP contribution in [0.15, 0.2) is 29.3 Å². The molecule has 1 saturated heterocycles. The van der Waals surface area contributed by atoms with Gasteiger partial charge in [0.1, 0.15) is 17.4 Å². The van der Waals surface area contributed by atoms with Crippen LogP contribution in [0, 0.1) is 0 Å². The topological polar surface area (TPSA) is 38.7 Å². The van der Waals surface area contributed by atoms with Crippen LogP contribution in [0.3, 0.4) is 0 Å². The van der Waals surface area contributed by atoms with Gasteiger partial charge in [-0.25, -0.2) is 4.79 Å². The van der Waals surface area contributed by atoms with Crippen molar-refractivity contribution < 1.29 is 9.53 Å². The minimum absolute atomic E-state index is 0.291. The molecule has 1 aliphatic heterocycles. The summed E-state index contributed by atoms with van der Waals surface area (Å²) in [6, 6.07) is 8.07. The molecule has 20 heavy (non-hydrogen) atoms. The van der Waals surface area contributed by atoms with Gasteiger partial charge in [0.05, 0.1) is 0 Å². The average Bonchev–Trinajstić information content (AvgIpc) is 3.12. The van der Waals surface area contributed by atoms with Gasteiger partial charge in [-0.15, -0.1) is 0 Å². The van der Waals surface area contributed by atoms with Crippen molar-refractivity contribution >= 4 is 17.8 Å². The fourth-order valence-electron chi connectivity index (χ4n) is 3.23. The predicted molar refractivity (Wildman–Crippen MR) is 81.1 cm³/mol. The van der Waals surface area contributed by atoms with Crippen molar-refractivity contribution in [3.05, 3.63) is 29.8 Å². The van der Waals surface area contributed by atoms with E-state index in [-0.39, 0.29) is 0 Å². The number of aliphatic imine (C=N–C) groups is 1. The van der Waals surface area contributed by atoms with Crippen LogP contribution in [0.1, 0.15) is 37.7 Å². The van der Waals surface area contributed by atoms with E-state index < -0.39 is 5.54 Å². The molecule has 0 aromatic heterocycles. The van der Waals surface area contributed by atoms with Crippen molar-refractivity contribution in [1.29, 1.82) is 0 Å². The van der Waals surface area contributed by atoms with Gasteiger partial charge in [-0.3, -0.25) is 0 Å². The smallest absolute Gasteiger partial charge is 0.235 e. The number of ether oxygens (including phenoxy) is 1. The Kier molecular flexibility index (Phi) is 4.13. The van der Waals surface area contributed by atoms with E-state index in [4.69, 9.17) is 4.74 Å². The summed E-state index contributed by atoms with van der Waals surface area (Å²) in [5.41, 5.74) is 0.669. The molecule has 3 nitrogen and oxygen atoms in total. The van der Waals surface area contributed by atoms with Crippen LogP contribution in [0.5, 0.6) is 5.75 Å². The Balaban J connectivity index is 1.93. The second-order valence-electron chi connectivity index (χ2n) is 5.54. The molecular weight excluding hydrogens is 270 g/mol. The molecule has 0 radical (unpaired) electrons. The zero-order valence-corrected chi connectivity index (χ0v) is 12.3. The highest BCUT2D eigenvalue weighted by atomic mass is 32.2. The molecule has 0 spiro atoms. The first kappa shape index (κ1) is 13.7. The molecule has 1 atom stereocenters. The molecule has 2 aliphatic rings. The Morgan fingerprint density at radius 2 is 2.10 bits per heavy atom. The standard InChI is InChI=1S/C16H19NO2S/c18-12-17-16(8-3-4-9-16)14-5-1-2-6-15(14)19-13-7-10-20-11-13/h1-2,5-6,13H,3-4,7-11H2. The monoisotopic (exact) mass is 289 g/mol. The molecule has 1 unspecified atom stereocenters. The summed E-state index contributed by atoms with van der Waals surface area (Å²) in [5.74, 6) is 3.13. The van der Waals surface area contributed by atoms with Crippen molar-refractivity contribution in [3.8, 4) is 5.75 Å². The fourth-order valence-corrected chi connectivity index (χ4v) is 4.32. The van der Waals surface area contributed by atoms with Crippen LogP contribution in [0.4, 0.5) is 0 Å². The van der Waals surface area contributed by atoms with E-state index in [0.29, 0.717) is 6.10 Å². The minimum atomic E-state index is -0.399. The number of hydrogen-bond acceptors (Lipinski definition) is 4. The van der Waals surface area contributed by atoms with E-state index >= 15 is 0 Å². The number of hydrogen-bond donors (Lipinski definition) is 0. The summed E-state index contributed by atoms with van der Waals surface area (Å²) in [7, 11) is 0.